The first kappa shape index (κ1) is 13.1. The maximum absolute atomic E-state index is 12.3. The Morgan fingerprint density at radius 3 is 2.68 bits per heavy atom. The Hall–Kier alpha value is -2.37. The molecule has 2 aromatic rings. The summed E-state index contributed by atoms with van der Waals surface area (Å²) in [6.07, 6.45) is 1.89. The Bertz CT molecular complexity index is 593. The van der Waals surface area contributed by atoms with Crippen LogP contribution in [0.2, 0.25) is 0 Å². The summed E-state index contributed by atoms with van der Waals surface area (Å²) in [7, 11) is 4.84. The van der Waals surface area contributed by atoms with Crippen molar-refractivity contribution in [3.8, 4) is 11.5 Å². The third kappa shape index (κ3) is 2.90. The van der Waals surface area contributed by atoms with Crippen molar-refractivity contribution in [3.63, 3.8) is 0 Å². The molecule has 0 N–H and O–H groups in total. The van der Waals surface area contributed by atoms with Gasteiger partial charge in [-0.05, 0) is 18.2 Å². The van der Waals surface area contributed by atoms with Crippen molar-refractivity contribution in [3.05, 3.63) is 35.7 Å². The fourth-order valence-electron chi connectivity index (χ4n) is 1.77. The quantitative estimate of drug-likeness (QED) is 0.758. The van der Waals surface area contributed by atoms with Crippen LogP contribution in [0.3, 0.4) is 0 Å². The van der Waals surface area contributed by atoms with Crippen molar-refractivity contribution in [2.75, 3.05) is 14.2 Å². The molecule has 0 aliphatic rings. The highest BCUT2D eigenvalue weighted by molar-refractivity contribution is 6.00. The van der Waals surface area contributed by atoms with Crippen LogP contribution in [0, 0.1) is 0 Å². The molecule has 0 aliphatic carbocycles. The monoisotopic (exact) mass is 261 g/mol. The van der Waals surface area contributed by atoms with Crippen molar-refractivity contribution in [2.45, 2.75) is 6.42 Å². The first-order valence-electron chi connectivity index (χ1n) is 5.74. The second-order valence-electron chi connectivity index (χ2n) is 4.05. The predicted octanol–water partition coefficient (Wildman–Crippen LogP) is 1.26. The van der Waals surface area contributed by atoms with E-state index < -0.39 is 0 Å². The Balaban J connectivity index is 2.26. The molecular formula is C13H15N3O3. The van der Waals surface area contributed by atoms with Crippen LogP contribution in [-0.4, -0.2) is 35.0 Å². The van der Waals surface area contributed by atoms with Gasteiger partial charge in [0.2, 0.25) is 0 Å². The number of hydrogen-bond donors (Lipinski definition) is 0. The Morgan fingerprint density at radius 2 is 2.11 bits per heavy atom. The number of hydrogen-bond acceptors (Lipinski definition) is 5. The minimum absolute atomic E-state index is 0.0868. The second-order valence-corrected chi connectivity index (χ2v) is 4.05. The van der Waals surface area contributed by atoms with Crippen LogP contribution in [0.4, 0.5) is 0 Å². The number of nitrogens with zero attached hydrogens (tertiary/aromatic N) is 3. The van der Waals surface area contributed by atoms with Crippen molar-refractivity contribution >= 4 is 5.78 Å². The summed E-state index contributed by atoms with van der Waals surface area (Å²) < 4.78 is 11.9. The van der Waals surface area contributed by atoms with E-state index in [2.05, 4.69) is 10.3 Å². The molecule has 0 bridgehead atoms. The number of aryl methyl sites for hydroxylation is 1. The molecule has 0 radical (unpaired) electrons. The van der Waals surface area contributed by atoms with Gasteiger partial charge in [-0.1, -0.05) is 5.21 Å². The highest BCUT2D eigenvalue weighted by Gasteiger charge is 2.15. The summed E-state index contributed by atoms with van der Waals surface area (Å²) in [4.78, 5) is 12.3. The van der Waals surface area contributed by atoms with Crippen LogP contribution in [0.15, 0.2) is 24.4 Å². The molecule has 2 rings (SSSR count). The van der Waals surface area contributed by atoms with Crippen LogP contribution in [0.25, 0.3) is 0 Å². The van der Waals surface area contributed by atoms with E-state index in [9.17, 15) is 4.79 Å². The molecule has 0 spiro atoms. The molecule has 1 aromatic heterocycles. The second kappa shape index (κ2) is 5.51. The topological polar surface area (TPSA) is 66.2 Å². The zero-order valence-corrected chi connectivity index (χ0v) is 11.1. The van der Waals surface area contributed by atoms with E-state index in [1.54, 1.807) is 43.2 Å². The molecule has 100 valence electrons. The smallest absolute Gasteiger partial charge is 0.172 e. The summed E-state index contributed by atoms with van der Waals surface area (Å²) in [6, 6.07) is 5.12. The third-order valence-corrected chi connectivity index (χ3v) is 2.70. The lowest BCUT2D eigenvalue weighted by Crippen LogP contribution is -2.06. The van der Waals surface area contributed by atoms with E-state index in [1.165, 1.54) is 7.11 Å². The molecule has 0 atom stereocenters. The summed E-state index contributed by atoms with van der Waals surface area (Å²) >= 11 is 0. The Morgan fingerprint density at radius 1 is 1.32 bits per heavy atom. The Kier molecular flexibility index (Phi) is 3.79. The molecule has 19 heavy (non-hydrogen) atoms. The number of rotatable bonds is 5. The highest BCUT2D eigenvalue weighted by Crippen LogP contribution is 2.25. The van der Waals surface area contributed by atoms with E-state index >= 15 is 0 Å². The summed E-state index contributed by atoms with van der Waals surface area (Å²) in [5, 5.41) is 7.70. The maximum Gasteiger partial charge on any atom is 0.172 e. The average Bonchev–Trinajstić information content (AvgIpc) is 2.83. The summed E-state index contributed by atoms with van der Waals surface area (Å²) in [5.74, 6) is 1.05. The van der Waals surface area contributed by atoms with Gasteiger partial charge < -0.3 is 9.47 Å². The van der Waals surface area contributed by atoms with Gasteiger partial charge >= 0.3 is 0 Å². The SMILES string of the molecule is COc1ccc(OC)c(C(=O)Cc2cn(C)nn2)c1. The highest BCUT2D eigenvalue weighted by atomic mass is 16.5. The normalized spacial score (nSPS) is 10.3. The van der Waals surface area contributed by atoms with Gasteiger partial charge in [0.25, 0.3) is 0 Å². The number of carbonyl (C=O) groups is 1. The lowest BCUT2D eigenvalue weighted by molar-refractivity contribution is 0.0988. The lowest BCUT2D eigenvalue weighted by Gasteiger charge is -2.08. The number of benzene rings is 1. The minimum atomic E-state index is -0.0868. The Labute approximate surface area is 110 Å². The van der Waals surface area contributed by atoms with Crippen molar-refractivity contribution in [1.82, 2.24) is 15.0 Å². The van der Waals surface area contributed by atoms with Crippen LogP contribution in [-0.2, 0) is 13.5 Å². The van der Waals surface area contributed by atoms with Crippen LogP contribution in [0.1, 0.15) is 16.1 Å². The largest absolute Gasteiger partial charge is 0.497 e. The molecule has 0 aliphatic heterocycles. The molecule has 0 fully saturated rings. The van der Waals surface area contributed by atoms with E-state index in [1.807, 2.05) is 0 Å². The summed E-state index contributed by atoms with van der Waals surface area (Å²) in [5.41, 5.74) is 1.10. The summed E-state index contributed by atoms with van der Waals surface area (Å²) in [6.45, 7) is 0. The van der Waals surface area contributed by atoms with Gasteiger partial charge in [-0.15, -0.1) is 5.10 Å². The molecule has 0 saturated heterocycles. The number of ether oxygens (including phenoxy) is 2. The van der Waals surface area contributed by atoms with E-state index in [0.29, 0.717) is 22.8 Å². The number of ketones is 1. The fourth-order valence-corrected chi connectivity index (χ4v) is 1.77. The van der Waals surface area contributed by atoms with E-state index in [4.69, 9.17) is 9.47 Å². The van der Waals surface area contributed by atoms with Gasteiger partial charge in [0, 0.05) is 13.2 Å². The van der Waals surface area contributed by atoms with Gasteiger partial charge in [-0.25, -0.2) is 0 Å². The van der Waals surface area contributed by atoms with Gasteiger partial charge in [0.15, 0.2) is 5.78 Å². The van der Waals surface area contributed by atoms with E-state index in [-0.39, 0.29) is 12.2 Å². The molecule has 1 aromatic carbocycles. The fraction of sp³-hybridized carbons (Fsp3) is 0.308. The standard InChI is InChI=1S/C13H15N3O3/c1-16-8-9(14-15-16)6-12(17)11-7-10(18-2)4-5-13(11)19-3/h4-5,7-8H,6H2,1-3H3. The van der Waals surface area contributed by atoms with Gasteiger partial charge in [0.05, 0.1) is 31.9 Å². The number of Topliss-reactive ketones (excluding diaryl/α,β-unsaturated/α-hetero) is 1. The molecule has 0 unspecified atom stereocenters. The number of methoxy groups -OCH3 is 2. The van der Waals surface area contributed by atoms with Crippen LogP contribution < -0.4 is 9.47 Å². The molecular weight excluding hydrogens is 246 g/mol. The maximum atomic E-state index is 12.3. The van der Waals surface area contributed by atoms with E-state index in [0.717, 1.165) is 0 Å². The minimum Gasteiger partial charge on any atom is -0.497 e. The first-order valence-corrected chi connectivity index (χ1v) is 5.74. The van der Waals surface area contributed by atoms with Gasteiger partial charge in [-0.2, -0.15) is 0 Å². The molecule has 6 heteroatoms. The van der Waals surface area contributed by atoms with Crippen molar-refractivity contribution in [1.29, 1.82) is 0 Å². The van der Waals surface area contributed by atoms with Gasteiger partial charge in [0.1, 0.15) is 11.5 Å². The predicted molar refractivity (Wildman–Crippen MR) is 68.6 cm³/mol. The lowest BCUT2D eigenvalue weighted by atomic mass is 10.1. The third-order valence-electron chi connectivity index (χ3n) is 2.70. The molecule has 1 heterocycles. The van der Waals surface area contributed by atoms with Crippen molar-refractivity contribution in [2.24, 2.45) is 7.05 Å². The van der Waals surface area contributed by atoms with Gasteiger partial charge in [-0.3, -0.25) is 9.48 Å². The molecule has 6 nitrogen and oxygen atoms in total. The van der Waals surface area contributed by atoms with Crippen LogP contribution >= 0.6 is 0 Å². The molecule has 0 saturated carbocycles. The first-order chi connectivity index (χ1) is 9.13. The number of aromatic nitrogens is 3. The zero-order chi connectivity index (χ0) is 13.8. The van der Waals surface area contributed by atoms with Crippen molar-refractivity contribution < 1.29 is 14.3 Å². The van der Waals surface area contributed by atoms with Crippen LogP contribution in [0.5, 0.6) is 11.5 Å². The molecule has 0 amide bonds. The zero-order valence-electron chi connectivity index (χ0n) is 11.1. The average molecular weight is 261 g/mol. The number of carbonyl (C=O) groups excluding carboxylic acids is 1.